The molecule has 1 heterocycles. The third kappa shape index (κ3) is 4.10. The van der Waals surface area contributed by atoms with Crippen LogP contribution >= 0.6 is 15.9 Å². The molecule has 1 amide bonds. The molecular weight excluding hydrogens is 296 g/mol. The fraction of sp³-hybridized carbons (Fsp3) is 0.667. The van der Waals surface area contributed by atoms with Crippen molar-refractivity contribution in [3.63, 3.8) is 0 Å². The lowest BCUT2D eigenvalue weighted by Gasteiger charge is -2.10. The number of carbonyl (C=O) groups excluding carboxylic acids is 1. The Hall–Kier alpha value is -0.880. The van der Waals surface area contributed by atoms with Gasteiger partial charge in [0.1, 0.15) is 0 Å². The van der Waals surface area contributed by atoms with E-state index in [1.165, 1.54) is 0 Å². The van der Waals surface area contributed by atoms with Gasteiger partial charge in [0.05, 0.1) is 22.4 Å². The quantitative estimate of drug-likeness (QED) is 0.838. The number of nitrogens with zero attached hydrogens (tertiary/aromatic N) is 2. The zero-order valence-electron chi connectivity index (χ0n) is 11.4. The van der Waals surface area contributed by atoms with Gasteiger partial charge in [0.15, 0.2) is 0 Å². The summed E-state index contributed by atoms with van der Waals surface area (Å²) >= 11 is 3.53. The number of nitrogens with one attached hydrogen (secondary N) is 2. The van der Waals surface area contributed by atoms with Gasteiger partial charge in [-0.3, -0.25) is 9.48 Å². The fourth-order valence-electron chi connectivity index (χ4n) is 1.71. The number of halogens is 1. The molecule has 1 aromatic rings. The Morgan fingerprint density at radius 2 is 2.17 bits per heavy atom. The summed E-state index contributed by atoms with van der Waals surface area (Å²) in [4.78, 5) is 11.5. The van der Waals surface area contributed by atoms with Crippen LogP contribution in [0.25, 0.3) is 0 Å². The minimum Gasteiger partial charge on any atom is -0.353 e. The maximum absolute atomic E-state index is 11.5. The maximum atomic E-state index is 11.5. The molecule has 0 saturated carbocycles. The van der Waals surface area contributed by atoms with E-state index < -0.39 is 0 Å². The molecular formula is C12H21BrN4O. The van der Waals surface area contributed by atoms with E-state index >= 15 is 0 Å². The van der Waals surface area contributed by atoms with E-state index in [-0.39, 0.29) is 11.9 Å². The second-order valence-corrected chi connectivity index (χ2v) is 5.28. The van der Waals surface area contributed by atoms with E-state index in [1.54, 1.807) is 0 Å². The van der Waals surface area contributed by atoms with Crippen molar-refractivity contribution in [2.75, 3.05) is 6.54 Å². The molecule has 0 unspecified atom stereocenters. The molecule has 102 valence electrons. The van der Waals surface area contributed by atoms with Crippen molar-refractivity contribution in [3.05, 3.63) is 15.9 Å². The summed E-state index contributed by atoms with van der Waals surface area (Å²) in [7, 11) is 0. The van der Waals surface area contributed by atoms with Gasteiger partial charge < -0.3 is 10.6 Å². The van der Waals surface area contributed by atoms with Crippen molar-refractivity contribution in [1.82, 2.24) is 20.4 Å². The molecule has 18 heavy (non-hydrogen) atoms. The highest BCUT2D eigenvalue weighted by Gasteiger charge is 2.12. The van der Waals surface area contributed by atoms with E-state index in [1.807, 2.05) is 32.4 Å². The minimum atomic E-state index is 0.0143. The maximum Gasteiger partial charge on any atom is 0.234 e. The Morgan fingerprint density at radius 1 is 1.50 bits per heavy atom. The standard InChI is InChI=1S/C12H21BrN4O/c1-5-17-10(12(13)9(4)16-17)6-14-7-11(18)15-8(2)3/h8,14H,5-7H2,1-4H3,(H,15,18). The van der Waals surface area contributed by atoms with Crippen molar-refractivity contribution in [2.24, 2.45) is 0 Å². The Bertz CT molecular complexity index is 414. The van der Waals surface area contributed by atoms with Crippen molar-refractivity contribution in [1.29, 1.82) is 0 Å². The molecule has 1 aromatic heterocycles. The molecule has 0 aromatic carbocycles. The normalized spacial score (nSPS) is 11.0. The van der Waals surface area contributed by atoms with Gasteiger partial charge in [0.2, 0.25) is 5.91 Å². The summed E-state index contributed by atoms with van der Waals surface area (Å²) in [5.74, 6) is 0.0143. The first-order valence-corrected chi connectivity index (χ1v) is 6.96. The summed E-state index contributed by atoms with van der Waals surface area (Å²) in [5.41, 5.74) is 2.05. The summed E-state index contributed by atoms with van der Waals surface area (Å²) in [6.07, 6.45) is 0. The summed E-state index contributed by atoms with van der Waals surface area (Å²) in [6.45, 7) is 9.67. The number of carbonyl (C=O) groups is 1. The predicted octanol–water partition coefficient (Wildman–Crippen LogP) is 1.59. The molecule has 0 atom stereocenters. The summed E-state index contributed by atoms with van der Waals surface area (Å²) in [6, 6.07) is 0.175. The monoisotopic (exact) mass is 316 g/mol. The number of rotatable bonds is 6. The molecule has 0 fully saturated rings. The van der Waals surface area contributed by atoms with Crippen LogP contribution in [0.2, 0.25) is 0 Å². The molecule has 1 rings (SSSR count). The Labute approximate surface area is 116 Å². The van der Waals surface area contributed by atoms with E-state index in [0.29, 0.717) is 13.1 Å². The van der Waals surface area contributed by atoms with E-state index in [2.05, 4.69) is 31.7 Å². The number of hydrogen-bond acceptors (Lipinski definition) is 3. The highest BCUT2D eigenvalue weighted by molar-refractivity contribution is 9.10. The van der Waals surface area contributed by atoms with Gasteiger partial charge in [-0.25, -0.2) is 0 Å². The van der Waals surface area contributed by atoms with E-state index in [4.69, 9.17) is 0 Å². The van der Waals surface area contributed by atoms with Crippen molar-refractivity contribution >= 4 is 21.8 Å². The van der Waals surface area contributed by atoms with Crippen LogP contribution in [0.1, 0.15) is 32.2 Å². The van der Waals surface area contributed by atoms with Crippen LogP contribution in [-0.4, -0.2) is 28.3 Å². The number of amides is 1. The number of hydrogen-bond donors (Lipinski definition) is 2. The smallest absolute Gasteiger partial charge is 0.234 e. The van der Waals surface area contributed by atoms with Gasteiger partial charge in [0.25, 0.3) is 0 Å². The average Bonchev–Trinajstić information content (AvgIpc) is 2.55. The Kier molecular flexibility index (Phi) is 5.81. The van der Waals surface area contributed by atoms with Crippen LogP contribution < -0.4 is 10.6 Å². The lowest BCUT2D eigenvalue weighted by molar-refractivity contribution is -0.120. The molecule has 0 aliphatic rings. The van der Waals surface area contributed by atoms with Crippen LogP contribution in [0, 0.1) is 6.92 Å². The average molecular weight is 317 g/mol. The zero-order chi connectivity index (χ0) is 13.7. The Morgan fingerprint density at radius 3 is 2.72 bits per heavy atom. The molecule has 2 N–H and O–H groups in total. The second kappa shape index (κ2) is 6.89. The van der Waals surface area contributed by atoms with Crippen LogP contribution in [-0.2, 0) is 17.9 Å². The zero-order valence-corrected chi connectivity index (χ0v) is 13.0. The SMILES string of the molecule is CCn1nc(C)c(Br)c1CNCC(=O)NC(C)C. The van der Waals surface area contributed by atoms with Crippen molar-refractivity contribution in [3.8, 4) is 0 Å². The van der Waals surface area contributed by atoms with Crippen molar-refractivity contribution in [2.45, 2.75) is 46.8 Å². The molecule has 5 nitrogen and oxygen atoms in total. The topological polar surface area (TPSA) is 59.0 Å². The Balaban J connectivity index is 2.51. The van der Waals surface area contributed by atoms with Crippen LogP contribution in [0.5, 0.6) is 0 Å². The van der Waals surface area contributed by atoms with Gasteiger partial charge in [0, 0.05) is 19.1 Å². The first-order chi connectivity index (χ1) is 8.45. The number of aromatic nitrogens is 2. The lowest BCUT2D eigenvalue weighted by Crippen LogP contribution is -2.37. The third-order valence-electron chi connectivity index (χ3n) is 2.48. The molecule has 0 spiro atoms. The van der Waals surface area contributed by atoms with E-state index in [0.717, 1.165) is 22.4 Å². The third-order valence-corrected chi connectivity index (χ3v) is 3.51. The highest BCUT2D eigenvalue weighted by atomic mass is 79.9. The summed E-state index contributed by atoms with van der Waals surface area (Å²) in [5, 5.41) is 10.4. The minimum absolute atomic E-state index is 0.0143. The second-order valence-electron chi connectivity index (χ2n) is 4.49. The van der Waals surface area contributed by atoms with Gasteiger partial charge in [-0.05, 0) is 43.6 Å². The van der Waals surface area contributed by atoms with Crippen LogP contribution in [0.3, 0.4) is 0 Å². The van der Waals surface area contributed by atoms with Crippen LogP contribution in [0.15, 0.2) is 4.47 Å². The lowest BCUT2D eigenvalue weighted by atomic mass is 10.3. The van der Waals surface area contributed by atoms with Gasteiger partial charge in [-0.2, -0.15) is 5.10 Å². The molecule has 0 radical (unpaired) electrons. The summed E-state index contributed by atoms with van der Waals surface area (Å²) < 4.78 is 2.95. The number of aryl methyl sites for hydroxylation is 2. The van der Waals surface area contributed by atoms with Crippen LogP contribution in [0.4, 0.5) is 0 Å². The molecule has 6 heteroatoms. The van der Waals surface area contributed by atoms with Gasteiger partial charge in [-0.15, -0.1) is 0 Å². The van der Waals surface area contributed by atoms with Gasteiger partial charge >= 0.3 is 0 Å². The molecule has 0 aliphatic heterocycles. The predicted molar refractivity (Wildman–Crippen MR) is 75.3 cm³/mol. The molecule has 0 aliphatic carbocycles. The fourth-order valence-corrected chi connectivity index (χ4v) is 2.13. The van der Waals surface area contributed by atoms with Gasteiger partial charge in [-0.1, -0.05) is 0 Å². The first-order valence-electron chi connectivity index (χ1n) is 6.17. The molecule has 0 bridgehead atoms. The highest BCUT2D eigenvalue weighted by Crippen LogP contribution is 2.20. The largest absolute Gasteiger partial charge is 0.353 e. The molecule has 0 saturated heterocycles. The van der Waals surface area contributed by atoms with E-state index in [9.17, 15) is 4.79 Å². The van der Waals surface area contributed by atoms with Crippen molar-refractivity contribution < 1.29 is 4.79 Å². The first kappa shape index (κ1) is 15.2.